The number of amides is 1. The molecule has 0 aromatic carbocycles. The maximum absolute atomic E-state index is 12.6. The van der Waals surface area contributed by atoms with Gasteiger partial charge in [0.2, 0.25) is 5.91 Å². The number of nitrogens with one attached hydrogen (secondary N) is 1. The Hall–Kier alpha value is -2.45. The first-order valence-electron chi connectivity index (χ1n) is 9.12. The van der Waals surface area contributed by atoms with E-state index in [0.29, 0.717) is 12.5 Å². The third-order valence-corrected chi connectivity index (χ3v) is 5.87. The number of hydrogen-bond acceptors (Lipinski definition) is 7. The zero-order valence-electron chi connectivity index (χ0n) is 15.5. The first-order valence-corrected chi connectivity index (χ1v) is 9.94. The topological polar surface area (TPSA) is 83.9 Å². The number of fused-ring (bicyclic) bond motifs is 1. The lowest BCUT2D eigenvalue weighted by molar-refractivity contribution is -0.131. The number of likely N-dealkylation sites (tertiary alicyclic amines) is 1. The van der Waals surface area contributed by atoms with Crippen LogP contribution in [0.25, 0.3) is 21.5 Å². The van der Waals surface area contributed by atoms with Crippen molar-refractivity contribution in [3.63, 3.8) is 0 Å². The number of rotatable bonds is 4. The lowest BCUT2D eigenvalue weighted by Gasteiger charge is -2.31. The number of piperidine rings is 1. The van der Waals surface area contributed by atoms with Crippen molar-refractivity contribution in [2.75, 3.05) is 20.1 Å². The second-order valence-electron chi connectivity index (χ2n) is 6.84. The number of pyridine rings is 2. The quantitative estimate of drug-likeness (QED) is 0.745. The Bertz CT molecular complexity index is 964. The first kappa shape index (κ1) is 17.9. The predicted octanol–water partition coefficient (Wildman–Crippen LogP) is 2.21. The average Bonchev–Trinajstić information content (AvgIpc) is 3.14. The van der Waals surface area contributed by atoms with E-state index >= 15 is 0 Å². The van der Waals surface area contributed by atoms with Gasteiger partial charge < -0.3 is 10.2 Å². The van der Waals surface area contributed by atoms with E-state index in [2.05, 4.69) is 25.5 Å². The van der Waals surface area contributed by atoms with E-state index in [1.165, 1.54) is 0 Å². The van der Waals surface area contributed by atoms with Crippen LogP contribution < -0.4 is 5.32 Å². The fraction of sp³-hybridized carbons (Fsp3) is 0.421. The summed E-state index contributed by atoms with van der Waals surface area (Å²) in [5.74, 6) is 0.139. The normalized spacial score (nSPS) is 15.4. The summed E-state index contributed by atoms with van der Waals surface area (Å²) in [5.41, 5.74) is 2.52. The molecule has 1 aliphatic heterocycles. The lowest BCUT2D eigenvalue weighted by Crippen LogP contribution is -2.44. The molecule has 0 aliphatic carbocycles. The van der Waals surface area contributed by atoms with Crippen LogP contribution in [0.15, 0.2) is 24.5 Å². The second-order valence-corrected chi connectivity index (χ2v) is 8.02. The summed E-state index contributed by atoms with van der Waals surface area (Å²) < 4.78 is 0. The SMILES string of the molecule is CNC1CCN(C(=O)Cc2cc3cc(-c4nnc(C)s4)cnc3cn2)CC1. The van der Waals surface area contributed by atoms with E-state index < -0.39 is 0 Å². The highest BCUT2D eigenvalue weighted by Crippen LogP contribution is 2.25. The van der Waals surface area contributed by atoms with Crippen molar-refractivity contribution in [1.29, 1.82) is 0 Å². The fourth-order valence-corrected chi connectivity index (χ4v) is 4.06. The van der Waals surface area contributed by atoms with Gasteiger partial charge >= 0.3 is 0 Å². The van der Waals surface area contributed by atoms with E-state index in [1.54, 1.807) is 23.7 Å². The Labute approximate surface area is 161 Å². The summed E-state index contributed by atoms with van der Waals surface area (Å²) in [6.45, 7) is 3.54. The van der Waals surface area contributed by atoms with Crippen LogP contribution in [0.4, 0.5) is 0 Å². The van der Waals surface area contributed by atoms with Crippen LogP contribution in [-0.2, 0) is 11.2 Å². The monoisotopic (exact) mass is 382 g/mol. The molecule has 1 saturated heterocycles. The van der Waals surface area contributed by atoms with Crippen molar-refractivity contribution < 1.29 is 4.79 Å². The minimum absolute atomic E-state index is 0.139. The van der Waals surface area contributed by atoms with Crippen molar-refractivity contribution in [2.24, 2.45) is 0 Å². The van der Waals surface area contributed by atoms with Gasteiger partial charge in [0.05, 0.1) is 23.8 Å². The molecule has 4 heterocycles. The van der Waals surface area contributed by atoms with Crippen molar-refractivity contribution in [3.05, 3.63) is 35.2 Å². The molecule has 3 aromatic rings. The predicted molar refractivity (Wildman–Crippen MR) is 106 cm³/mol. The van der Waals surface area contributed by atoms with Crippen LogP contribution in [-0.4, -0.2) is 57.2 Å². The Kier molecular flexibility index (Phi) is 5.09. The number of carbonyl (C=O) groups excluding carboxylic acids is 1. The fourth-order valence-electron chi connectivity index (χ4n) is 3.39. The summed E-state index contributed by atoms with van der Waals surface area (Å²) >= 11 is 1.54. The summed E-state index contributed by atoms with van der Waals surface area (Å²) in [7, 11) is 1.98. The maximum Gasteiger partial charge on any atom is 0.228 e. The Balaban J connectivity index is 1.51. The number of nitrogens with zero attached hydrogens (tertiary/aromatic N) is 5. The van der Waals surface area contributed by atoms with Gasteiger partial charge in [0.15, 0.2) is 0 Å². The molecule has 0 unspecified atom stereocenters. The second kappa shape index (κ2) is 7.66. The zero-order chi connectivity index (χ0) is 18.8. The molecule has 1 aliphatic rings. The van der Waals surface area contributed by atoms with E-state index in [-0.39, 0.29) is 5.91 Å². The van der Waals surface area contributed by atoms with Crippen molar-refractivity contribution in [3.8, 4) is 10.6 Å². The molecular weight excluding hydrogens is 360 g/mol. The minimum Gasteiger partial charge on any atom is -0.342 e. The summed E-state index contributed by atoms with van der Waals surface area (Å²) in [6.07, 6.45) is 5.85. The molecule has 4 rings (SSSR count). The van der Waals surface area contributed by atoms with Crippen molar-refractivity contribution in [2.45, 2.75) is 32.2 Å². The van der Waals surface area contributed by atoms with Crippen LogP contribution in [0.2, 0.25) is 0 Å². The van der Waals surface area contributed by atoms with Crippen LogP contribution >= 0.6 is 11.3 Å². The smallest absolute Gasteiger partial charge is 0.228 e. The molecule has 3 aromatic heterocycles. The van der Waals surface area contributed by atoms with Crippen molar-refractivity contribution in [1.82, 2.24) is 30.4 Å². The highest BCUT2D eigenvalue weighted by molar-refractivity contribution is 7.14. The molecule has 0 radical (unpaired) electrons. The molecule has 7 nitrogen and oxygen atoms in total. The molecule has 0 atom stereocenters. The standard InChI is InChI=1S/C19H22N6OS/c1-12-23-24-19(27-12)14-7-13-8-16(21-11-17(13)22-10-14)9-18(26)25-5-3-15(20-2)4-6-25/h7-8,10-11,15,20H,3-6,9H2,1-2H3. The molecule has 0 saturated carbocycles. The minimum atomic E-state index is 0.139. The zero-order valence-corrected chi connectivity index (χ0v) is 16.3. The van der Waals surface area contributed by atoms with Gasteiger partial charge in [-0.05, 0) is 38.9 Å². The average molecular weight is 382 g/mol. The van der Waals surface area contributed by atoms with Gasteiger partial charge in [0, 0.05) is 36.3 Å². The lowest BCUT2D eigenvalue weighted by atomic mass is 10.0. The molecule has 0 bridgehead atoms. The van der Waals surface area contributed by atoms with Gasteiger partial charge in [-0.1, -0.05) is 11.3 Å². The summed E-state index contributed by atoms with van der Waals surface area (Å²) in [4.78, 5) is 23.5. The number of aromatic nitrogens is 4. The van der Waals surface area contributed by atoms with Crippen LogP contribution in [0.1, 0.15) is 23.5 Å². The van der Waals surface area contributed by atoms with E-state index in [9.17, 15) is 4.79 Å². The van der Waals surface area contributed by atoms with Gasteiger partial charge in [-0.3, -0.25) is 14.8 Å². The molecule has 1 amide bonds. The number of aryl methyl sites for hydroxylation is 1. The number of carbonyl (C=O) groups is 1. The van der Waals surface area contributed by atoms with Gasteiger partial charge in [-0.15, -0.1) is 10.2 Å². The largest absolute Gasteiger partial charge is 0.342 e. The van der Waals surface area contributed by atoms with Gasteiger partial charge in [-0.2, -0.15) is 0 Å². The molecule has 1 fully saturated rings. The van der Waals surface area contributed by atoms with E-state index in [4.69, 9.17) is 0 Å². The molecule has 27 heavy (non-hydrogen) atoms. The Morgan fingerprint density at radius 1 is 1.22 bits per heavy atom. The Morgan fingerprint density at radius 2 is 2.04 bits per heavy atom. The molecular formula is C19H22N6OS. The third-order valence-electron chi connectivity index (χ3n) is 4.99. The van der Waals surface area contributed by atoms with Crippen LogP contribution in [0.3, 0.4) is 0 Å². The highest BCUT2D eigenvalue weighted by Gasteiger charge is 2.22. The van der Waals surface area contributed by atoms with Gasteiger partial charge in [-0.25, -0.2) is 0 Å². The van der Waals surface area contributed by atoms with Gasteiger partial charge in [0.1, 0.15) is 10.0 Å². The van der Waals surface area contributed by atoms with Crippen molar-refractivity contribution >= 4 is 28.1 Å². The first-order chi connectivity index (χ1) is 13.1. The van der Waals surface area contributed by atoms with E-state index in [0.717, 1.165) is 58.1 Å². The molecule has 8 heteroatoms. The summed E-state index contributed by atoms with van der Waals surface area (Å²) in [6, 6.07) is 4.51. The van der Waals surface area contributed by atoms with E-state index in [1.807, 2.05) is 31.0 Å². The molecule has 0 spiro atoms. The maximum atomic E-state index is 12.6. The van der Waals surface area contributed by atoms with Crippen LogP contribution in [0.5, 0.6) is 0 Å². The number of hydrogen-bond donors (Lipinski definition) is 1. The Morgan fingerprint density at radius 3 is 2.74 bits per heavy atom. The molecule has 140 valence electrons. The third kappa shape index (κ3) is 3.96. The van der Waals surface area contributed by atoms with Crippen LogP contribution in [0, 0.1) is 6.92 Å². The highest BCUT2D eigenvalue weighted by atomic mass is 32.1. The van der Waals surface area contributed by atoms with Gasteiger partial charge in [0.25, 0.3) is 0 Å². The molecule has 1 N–H and O–H groups in total. The summed E-state index contributed by atoms with van der Waals surface area (Å²) in [5, 5.41) is 14.3.